The molecule has 0 radical (unpaired) electrons. The molecule has 0 saturated heterocycles. The fourth-order valence-electron chi connectivity index (χ4n) is 1.64. The Morgan fingerprint density at radius 1 is 0.889 bits per heavy atom. The summed E-state index contributed by atoms with van der Waals surface area (Å²) in [5, 5.41) is -0.738. The smallest absolute Gasteiger partial charge is 0.283 e. The van der Waals surface area contributed by atoms with E-state index in [4.69, 9.17) is 39.4 Å². The van der Waals surface area contributed by atoms with Crippen LogP contribution in [0.15, 0.2) is 0 Å². The van der Waals surface area contributed by atoms with E-state index >= 15 is 0 Å². The molecule has 0 spiro atoms. The molecule has 110 valence electrons. The summed E-state index contributed by atoms with van der Waals surface area (Å²) in [4.78, 5) is 0. The molecule has 0 amide bonds. The van der Waals surface area contributed by atoms with Crippen LogP contribution < -0.4 is 0 Å². The zero-order valence-corrected chi connectivity index (χ0v) is 13.4. The lowest BCUT2D eigenvalue weighted by Gasteiger charge is -2.12. The first-order valence-corrected chi connectivity index (χ1v) is 9.11. The van der Waals surface area contributed by atoms with Gasteiger partial charge >= 0.3 is 0 Å². The molecule has 0 aliphatic heterocycles. The van der Waals surface area contributed by atoms with E-state index in [9.17, 15) is 8.42 Å². The van der Waals surface area contributed by atoms with E-state index in [1.165, 1.54) is 6.42 Å². The third kappa shape index (κ3) is 9.68. The predicted octanol–water partition coefficient (Wildman–Crippen LogP) is 4.41. The quantitative estimate of drug-likeness (QED) is 0.345. The van der Waals surface area contributed by atoms with Crippen LogP contribution >= 0.6 is 34.8 Å². The molecule has 0 heterocycles. The molecule has 0 aromatic carbocycles. The first kappa shape index (κ1) is 18.8. The molecule has 7 heteroatoms. The van der Waals surface area contributed by atoms with Crippen LogP contribution in [0, 0.1) is 0 Å². The molecule has 3 nitrogen and oxygen atoms in total. The van der Waals surface area contributed by atoms with Gasteiger partial charge in [0.2, 0.25) is 0 Å². The van der Waals surface area contributed by atoms with Crippen molar-refractivity contribution < 1.29 is 13.0 Å². The standard InChI is InChI=1S/C11H21Cl3O3S/c12-9-7-5-3-1-2-4-6-8-10(13)11(14)18(15,16)17/h10-11H,1-9H2,(H,15,16,17). The second-order valence-electron chi connectivity index (χ2n) is 4.33. The first-order chi connectivity index (χ1) is 8.39. The molecule has 0 saturated carbocycles. The predicted molar refractivity (Wildman–Crippen MR) is 78.5 cm³/mol. The molecule has 1 N–H and O–H groups in total. The maximum atomic E-state index is 10.7. The van der Waals surface area contributed by atoms with Gasteiger partial charge in [0.1, 0.15) is 0 Å². The Bertz CT molecular complexity index is 296. The number of hydrogen-bond acceptors (Lipinski definition) is 2. The molecule has 0 rings (SSSR count). The van der Waals surface area contributed by atoms with E-state index < -0.39 is 20.2 Å². The van der Waals surface area contributed by atoms with Crippen molar-refractivity contribution in [3.05, 3.63) is 0 Å². The molecule has 0 bridgehead atoms. The van der Waals surface area contributed by atoms with E-state index in [0.717, 1.165) is 44.4 Å². The highest BCUT2D eigenvalue weighted by molar-refractivity contribution is 7.87. The van der Waals surface area contributed by atoms with Crippen molar-refractivity contribution in [2.24, 2.45) is 0 Å². The Balaban J connectivity index is 3.49. The maximum Gasteiger partial charge on any atom is 0.283 e. The van der Waals surface area contributed by atoms with Gasteiger partial charge in [-0.05, 0) is 12.8 Å². The topological polar surface area (TPSA) is 54.4 Å². The highest BCUT2D eigenvalue weighted by Gasteiger charge is 2.27. The van der Waals surface area contributed by atoms with E-state index in [1.807, 2.05) is 0 Å². The third-order valence-corrected chi connectivity index (χ3v) is 5.58. The van der Waals surface area contributed by atoms with Crippen molar-refractivity contribution in [1.82, 2.24) is 0 Å². The summed E-state index contributed by atoms with van der Waals surface area (Å²) in [6.45, 7) is 0. The second-order valence-corrected chi connectivity index (χ2v) is 7.54. The molecule has 0 aliphatic rings. The highest BCUT2D eigenvalue weighted by atomic mass is 35.5. The number of halogens is 3. The number of alkyl halides is 3. The van der Waals surface area contributed by atoms with E-state index in [-0.39, 0.29) is 0 Å². The maximum absolute atomic E-state index is 10.7. The van der Waals surface area contributed by atoms with E-state index in [1.54, 1.807) is 0 Å². The normalized spacial score (nSPS) is 15.6. The molecule has 2 unspecified atom stereocenters. The summed E-state index contributed by atoms with van der Waals surface area (Å²) in [5.74, 6) is 0.723. The summed E-state index contributed by atoms with van der Waals surface area (Å²) >= 11 is 16.9. The van der Waals surface area contributed by atoms with Gasteiger partial charge in [0.15, 0.2) is 4.71 Å². The Morgan fingerprint density at radius 3 is 1.78 bits per heavy atom. The van der Waals surface area contributed by atoms with Crippen LogP contribution in [0.3, 0.4) is 0 Å². The van der Waals surface area contributed by atoms with Crippen LogP contribution in [0.5, 0.6) is 0 Å². The summed E-state index contributed by atoms with van der Waals surface area (Å²) in [6, 6.07) is 0. The molecule has 0 aromatic rings. The molecule has 18 heavy (non-hydrogen) atoms. The van der Waals surface area contributed by atoms with E-state index in [0.29, 0.717) is 6.42 Å². The van der Waals surface area contributed by atoms with Gasteiger partial charge in [-0.1, -0.05) is 38.5 Å². The zero-order chi connectivity index (χ0) is 14.0. The second kappa shape index (κ2) is 10.6. The largest absolute Gasteiger partial charge is 0.284 e. The van der Waals surface area contributed by atoms with Crippen molar-refractivity contribution in [2.45, 2.75) is 61.5 Å². The van der Waals surface area contributed by atoms with Crippen LogP contribution in [0.4, 0.5) is 0 Å². The summed E-state index contributed by atoms with van der Waals surface area (Å²) < 4.78 is 28.8. The van der Waals surface area contributed by atoms with Gasteiger partial charge in [-0.15, -0.1) is 34.8 Å². The van der Waals surface area contributed by atoms with Gasteiger partial charge in [0, 0.05) is 5.88 Å². The minimum atomic E-state index is -4.24. The van der Waals surface area contributed by atoms with Crippen molar-refractivity contribution >= 4 is 44.9 Å². The van der Waals surface area contributed by atoms with Crippen LogP contribution in [0.25, 0.3) is 0 Å². The highest BCUT2D eigenvalue weighted by Crippen LogP contribution is 2.21. The molecule has 0 aromatic heterocycles. The Labute approximate surface area is 125 Å². The fourth-order valence-corrected chi connectivity index (χ4v) is 3.00. The van der Waals surface area contributed by atoms with Crippen molar-refractivity contribution in [1.29, 1.82) is 0 Å². The average molecular weight is 340 g/mol. The zero-order valence-electron chi connectivity index (χ0n) is 10.3. The van der Waals surface area contributed by atoms with Gasteiger partial charge in [-0.25, -0.2) is 0 Å². The van der Waals surface area contributed by atoms with Crippen LogP contribution in [0.1, 0.15) is 51.4 Å². The van der Waals surface area contributed by atoms with Crippen molar-refractivity contribution in [3.63, 3.8) is 0 Å². The number of unbranched alkanes of at least 4 members (excludes halogenated alkanes) is 6. The molecule has 0 aliphatic carbocycles. The third-order valence-electron chi connectivity index (χ3n) is 2.68. The molecular weight excluding hydrogens is 319 g/mol. The van der Waals surface area contributed by atoms with Gasteiger partial charge in [0.25, 0.3) is 10.1 Å². The lowest BCUT2D eigenvalue weighted by molar-refractivity contribution is 0.474. The number of rotatable bonds is 11. The monoisotopic (exact) mass is 338 g/mol. The molecule has 2 atom stereocenters. The van der Waals surface area contributed by atoms with Crippen LogP contribution in [0.2, 0.25) is 0 Å². The molecule has 0 fully saturated rings. The van der Waals surface area contributed by atoms with Crippen LogP contribution in [-0.2, 0) is 10.1 Å². The lowest BCUT2D eigenvalue weighted by atomic mass is 10.1. The minimum absolute atomic E-state index is 0.497. The summed E-state index contributed by atoms with van der Waals surface area (Å²) in [6.07, 6.45) is 7.98. The van der Waals surface area contributed by atoms with Gasteiger partial charge in [-0.3, -0.25) is 4.55 Å². The van der Waals surface area contributed by atoms with Crippen molar-refractivity contribution in [2.75, 3.05) is 5.88 Å². The SMILES string of the molecule is O=S(=O)(O)C(Cl)C(Cl)CCCCCCCCCCl. The number of hydrogen-bond donors (Lipinski definition) is 1. The Kier molecular flexibility index (Phi) is 11.0. The molecular formula is C11H21Cl3O3S. The Hall–Kier alpha value is 0.780. The van der Waals surface area contributed by atoms with Crippen molar-refractivity contribution in [3.8, 4) is 0 Å². The summed E-state index contributed by atoms with van der Waals surface area (Å²) in [5.41, 5.74) is 0. The Morgan fingerprint density at radius 2 is 1.33 bits per heavy atom. The fraction of sp³-hybridized carbons (Fsp3) is 1.00. The van der Waals surface area contributed by atoms with Gasteiger partial charge < -0.3 is 0 Å². The van der Waals surface area contributed by atoms with Gasteiger partial charge in [0.05, 0.1) is 5.38 Å². The lowest BCUT2D eigenvalue weighted by Crippen LogP contribution is -2.24. The first-order valence-electron chi connectivity index (χ1n) is 6.20. The summed E-state index contributed by atoms with van der Waals surface area (Å²) in [7, 11) is -4.24. The van der Waals surface area contributed by atoms with Gasteiger partial charge in [-0.2, -0.15) is 8.42 Å². The van der Waals surface area contributed by atoms with E-state index in [2.05, 4.69) is 0 Å². The van der Waals surface area contributed by atoms with Crippen LogP contribution in [-0.4, -0.2) is 28.9 Å². The minimum Gasteiger partial charge on any atom is -0.284 e. The average Bonchev–Trinajstić information content (AvgIpc) is 2.30.